The number of fused-ring (bicyclic) bond motifs is 1. The van der Waals surface area contributed by atoms with Gasteiger partial charge in [0.25, 0.3) is 5.56 Å². The second-order valence-electron chi connectivity index (χ2n) is 7.34. The van der Waals surface area contributed by atoms with E-state index in [4.69, 9.17) is 11.6 Å². The molecule has 0 saturated carbocycles. The van der Waals surface area contributed by atoms with Crippen molar-refractivity contribution in [3.05, 3.63) is 79.3 Å². The lowest BCUT2D eigenvalue weighted by Gasteiger charge is -2.11. The zero-order valence-electron chi connectivity index (χ0n) is 17.5. The molecule has 2 heterocycles. The van der Waals surface area contributed by atoms with Gasteiger partial charge in [0.2, 0.25) is 0 Å². The van der Waals surface area contributed by atoms with Gasteiger partial charge in [-0.3, -0.25) is 14.2 Å². The molecular formula is C22H16BrClFN3O4S2. The number of ketones is 1. The molecule has 0 aliphatic rings. The summed E-state index contributed by atoms with van der Waals surface area (Å²) in [7, 11) is -2.09. The van der Waals surface area contributed by atoms with Gasteiger partial charge in [0.05, 0.1) is 26.6 Å². The van der Waals surface area contributed by atoms with Gasteiger partial charge in [0, 0.05) is 17.9 Å². The van der Waals surface area contributed by atoms with E-state index in [1.54, 1.807) is 19.2 Å². The Balaban J connectivity index is 1.59. The van der Waals surface area contributed by atoms with Gasteiger partial charge in [-0.05, 0) is 57.9 Å². The predicted octanol–water partition coefficient (Wildman–Crippen LogP) is 4.63. The average molecular weight is 585 g/mol. The van der Waals surface area contributed by atoms with E-state index >= 15 is 0 Å². The second-order valence-corrected chi connectivity index (χ2v) is 12.1. The average Bonchev–Trinajstić information content (AvgIpc) is 3.22. The summed E-state index contributed by atoms with van der Waals surface area (Å²) in [6.07, 6.45) is 0.958. The van der Waals surface area contributed by atoms with Crippen LogP contribution in [0.2, 0.25) is 4.34 Å². The third-order valence-electron chi connectivity index (χ3n) is 5.00. The molecule has 0 radical (unpaired) electrons. The largest absolute Gasteiger partial charge is 0.387 e. The second kappa shape index (κ2) is 9.57. The molecule has 34 heavy (non-hydrogen) atoms. The quantitative estimate of drug-likeness (QED) is 0.340. The number of hydrogen-bond acceptors (Lipinski definition) is 7. The molecule has 0 saturated heterocycles. The molecule has 4 aromatic rings. The standard InChI is InChI=1S/C22H16BrClFN3O4S2/c1-26-18-9-17-14(8-15(18)23)22(30)28(11-27-17)19-3-2-12(7-16(19)25)6-13(29)10-34(31,32)21-5-4-20(24)33-21/h2-5,7-9,11,26H,6,10H2,1H3. The maximum atomic E-state index is 14.9. The highest BCUT2D eigenvalue weighted by molar-refractivity contribution is 9.10. The zero-order chi connectivity index (χ0) is 24.6. The first-order valence-corrected chi connectivity index (χ1v) is 13.4. The fraction of sp³-hybridized carbons (Fsp3) is 0.136. The molecule has 0 fully saturated rings. The summed E-state index contributed by atoms with van der Waals surface area (Å²) in [4.78, 5) is 29.6. The van der Waals surface area contributed by atoms with Crippen LogP contribution >= 0.6 is 38.9 Å². The summed E-state index contributed by atoms with van der Waals surface area (Å²) in [5.74, 6) is -2.05. The van der Waals surface area contributed by atoms with Crippen LogP contribution in [0.3, 0.4) is 0 Å². The number of aromatic nitrogens is 2. The maximum absolute atomic E-state index is 14.9. The maximum Gasteiger partial charge on any atom is 0.265 e. The van der Waals surface area contributed by atoms with Crippen molar-refractivity contribution in [2.24, 2.45) is 0 Å². The lowest BCUT2D eigenvalue weighted by atomic mass is 10.1. The lowest BCUT2D eigenvalue weighted by molar-refractivity contribution is -0.116. The molecule has 176 valence electrons. The van der Waals surface area contributed by atoms with Crippen LogP contribution in [0.4, 0.5) is 10.1 Å². The molecule has 0 unspecified atom stereocenters. The fourth-order valence-electron chi connectivity index (χ4n) is 3.39. The predicted molar refractivity (Wildman–Crippen MR) is 135 cm³/mol. The Kier molecular flexibility index (Phi) is 6.90. The zero-order valence-corrected chi connectivity index (χ0v) is 21.5. The van der Waals surface area contributed by atoms with E-state index in [-0.39, 0.29) is 21.9 Å². The number of anilines is 1. The van der Waals surface area contributed by atoms with Crippen LogP contribution in [0.15, 0.2) is 62.3 Å². The van der Waals surface area contributed by atoms with E-state index < -0.39 is 32.7 Å². The molecule has 2 aromatic carbocycles. The van der Waals surface area contributed by atoms with Crippen molar-refractivity contribution < 1.29 is 17.6 Å². The van der Waals surface area contributed by atoms with E-state index in [0.717, 1.165) is 27.7 Å². The van der Waals surface area contributed by atoms with Gasteiger partial charge in [0.15, 0.2) is 15.6 Å². The van der Waals surface area contributed by atoms with Gasteiger partial charge in [0.1, 0.15) is 22.1 Å². The molecule has 1 N–H and O–H groups in total. The third-order valence-corrected chi connectivity index (χ3v) is 9.14. The Hall–Kier alpha value is -2.60. The first-order chi connectivity index (χ1) is 16.1. The van der Waals surface area contributed by atoms with Crippen molar-refractivity contribution >= 4 is 71.1 Å². The monoisotopic (exact) mass is 583 g/mol. The minimum Gasteiger partial charge on any atom is -0.387 e. The number of sulfone groups is 1. The first-order valence-electron chi connectivity index (χ1n) is 9.76. The summed E-state index contributed by atoms with van der Waals surface area (Å²) in [6.45, 7) is 0. The highest BCUT2D eigenvalue weighted by Crippen LogP contribution is 2.27. The van der Waals surface area contributed by atoms with Crippen LogP contribution in [-0.2, 0) is 21.1 Å². The number of carbonyl (C=O) groups excluding carboxylic acids is 1. The Morgan fingerprint density at radius 1 is 1.24 bits per heavy atom. The molecule has 12 heteroatoms. The Morgan fingerprint density at radius 3 is 2.65 bits per heavy atom. The van der Waals surface area contributed by atoms with E-state index in [2.05, 4.69) is 26.2 Å². The SMILES string of the molecule is CNc1cc2ncn(-c3ccc(CC(=O)CS(=O)(=O)c4ccc(Cl)s4)cc3F)c(=O)c2cc1Br. The molecule has 7 nitrogen and oxygen atoms in total. The fourth-order valence-corrected chi connectivity index (χ4v) is 6.74. The highest BCUT2D eigenvalue weighted by Gasteiger charge is 2.22. The molecule has 4 rings (SSSR count). The molecule has 0 spiro atoms. The summed E-state index contributed by atoms with van der Waals surface area (Å²) in [5.41, 5.74) is 0.988. The lowest BCUT2D eigenvalue weighted by Crippen LogP contribution is -2.20. The number of rotatable bonds is 7. The minimum absolute atomic E-state index is 0.00373. The first kappa shape index (κ1) is 24.5. The van der Waals surface area contributed by atoms with Crippen LogP contribution in [0.25, 0.3) is 16.6 Å². The number of thiophene rings is 1. The Labute approximate surface area is 211 Å². The molecule has 2 aromatic heterocycles. The Bertz CT molecular complexity index is 1600. The van der Waals surface area contributed by atoms with E-state index in [1.807, 2.05) is 0 Å². The minimum atomic E-state index is -3.83. The molecular weight excluding hydrogens is 569 g/mol. The van der Waals surface area contributed by atoms with Gasteiger partial charge in [-0.2, -0.15) is 0 Å². The third kappa shape index (κ3) is 4.92. The number of nitrogens with zero attached hydrogens (tertiary/aromatic N) is 2. The topological polar surface area (TPSA) is 98.1 Å². The van der Waals surface area contributed by atoms with Gasteiger partial charge in [-0.15, -0.1) is 11.3 Å². The van der Waals surface area contributed by atoms with Crippen LogP contribution in [0.5, 0.6) is 0 Å². The summed E-state index contributed by atoms with van der Waals surface area (Å²) >= 11 is 10.0. The van der Waals surface area contributed by atoms with Crippen LogP contribution in [-0.4, -0.2) is 36.6 Å². The summed E-state index contributed by atoms with van der Waals surface area (Å²) in [5, 5.41) is 3.28. The van der Waals surface area contributed by atoms with E-state index in [1.165, 1.54) is 30.6 Å². The number of nitrogens with one attached hydrogen (secondary N) is 1. The number of benzene rings is 2. The molecule has 0 atom stereocenters. The highest BCUT2D eigenvalue weighted by atomic mass is 79.9. The molecule has 0 aliphatic carbocycles. The van der Waals surface area contributed by atoms with Crippen molar-refractivity contribution in [3.63, 3.8) is 0 Å². The van der Waals surface area contributed by atoms with Crippen molar-refractivity contribution in [1.82, 2.24) is 9.55 Å². The number of Topliss-reactive ketones (excluding diaryl/α,β-unsaturated/α-hetero) is 1. The molecule has 0 amide bonds. The normalized spacial score (nSPS) is 11.6. The molecule has 0 aliphatic heterocycles. The van der Waals surface area contributed by atoms with Crippen molar-refractivity contribution in [3.8, 4) is 5.69 Å². The number of carbonyl (C=O) groups is 1. The smallest absolute Gasteiger partial charge is 0.265 e. The van der Waals surface area contributed by atoms with Crippen molar-refractivity contribution in [2.45, 2.75) is 10.6 Å². The Morgan fingerprint density at radius 2 is 2.00 bits per heavy atom. The van der Waals surface area contributed by atoms with Crippen molar-refractivity contribution in [2.75, 3.05) is 18.1 Å². The van der Waals surface area contributed by atoms with E-state index in [0.29, 0.717) is 19.7 Å². The van der Waals surface area contributed by atoms with Gasteiger partial charge in [-0.1, -0.05) is 17.7 Å². The molecule has 0 bridgehead atoms. The van der Waals surface area contributed by atoms with Crippen molar-refractivity contribution in [1.29, 1.82) is 0 Å². The van der Waals surface area contributed by atoms with Crippen LogP contribution in [0.1, 0.15) is 5.56 Å². The van der Waals surface area contributed by atoms with Gasteiger partial charge in [-0.25, -0.2) is 17.8 Å². The van der Waals surface area contributed by atoms with Crippen LogP contribution in [0, 0.1) is 5.82 Å². The number of hydrogen-bond donors (Lipinski definition) is 1. The van der Waals surface area contributed by atoms with Gasteiger partial charge < -0.3 is 5.32 Å². The van der Waals surface area contributed by atoms with E-state index in [9.17, 15) is 22.4 Å². The summed E-state index contributed by atoms with van der Waals surface area (Å²) < 4.78 is 41.7. The van der Waals surface area contributed by atoms with Crippen LogP contribution < -0.4 is 10.9 Å². The number of halogens is 3. The summed E-state index contributed by atoms with van der Waals surface area (Å²) in [6, 6.07) is 10.0. The van der Waals surface area contributed by atoms with Gasteiger partial charge >= 0.3 is 0 Å².